The molecule has 33 heavy (non-hydrogen) atoms. The molecule has 1 unspecified atom stereocenters. The molecule has 4 aromatic rings. The van der Waals surface area contributed by atoms with E-state index in [1.165, 1.54) is 37.6 Å². The Morgan fingerprint density at radius 3 is 2.39 bits per heavy atom. The fraction of sp³-hybridized carbons (Fsp3) is 0.174. The van der Waals surface area contributed by atoms with Crippen molar-refractivity contribution in [2.75, 3.05) is 26.2 Å². The molecule has 0 saturated heterocycles. The number of hydrogen-bond donors (Lipinski definition) is 0. The summed E-state index contributed by atoms with van der Waals surface area (Å²) in [5.74, 6) is 0.757. The second-order valence-corrected chi connectivity index (χ2v) is 8.95. The number of carbonyl (C=O) groups is 1. The number of ether oxygens (including phenoxy) is 3. The van der Waals surface area contributed by atoms with E-state index in [0.29, 0.717) is 38.9 Å². The lowest BCUT2D eigenvalue weighted by molar-refractivity contribution is 0.0971. The van der Waals surface area contributed by atoms with Gasteiger partial charge in [-0.05, 0) is 35.9 Å². The molecule has 168 valence electrons. The Bertz CT molecular complexity index is 1420. The number of amides is 1. The lowest BCUT2D eigenvalue weighted by Gasteiger charge is -2.24. The van der Waals surface area contributed by atoms with E-state index >= 15 is 0 Å². The van der Waals surface area contributed by atoms with Gasteiger partial charge in [0.05, 0.1) is 38.3 Å². The molecule has 0 fully saturated rings. The Morgan fingerprint density at radius 1 is 1.06 bits per heavy atom. The smallest absolute Gasteiger partial charge is 0.297 e. The Hall–Kier alpha value is -3.37. The summed E-state index contributed by atoms with van der Waals surface area (Å²) in [5, 5.41) is 2.57. The van der Waals surface area contributed by atoms with Gasteiger partial charge in [0.1, 0.15) is 5.58 Å². The van der Waals surface area contributed by atoms with E-state index in [9.17, 15) is 9.59 Å². The van der Waals surface area contributed by atoms with Gasteiger partial charge in [-0.1, -0.05) is 15.9 Å². The predicted octanol–water partition coefficient (Wildman–Crippen LogP) is 4.79. The van der Waals surface area contributed by atoms with Crippen molar-refractivity contribution < 1.29 is 23.4 Å². The molecule has 0 aliphatic carbocycles. The van der Waals surface area contributed by atoms with Crippen molar-refractivity contribution in [3.05, 3.63) is 73.5 Å². The van der Waals surface area contributed by atoms with E-state index in [2.05, 4.69) is 20.9 Å². The summed E-state index contributed by atoms with van der Waals surface area (Å²) in [5.41, 5.74) is 0.863. The van der Waals surface area contributed by atoms with E-state index in [1.807, 2.05) is 0 Å². The number of hydrogen-bond acceptors (Lipinski definition) is 8. The van der Waals surface area contributed by atoms with Crippen LogP contribution >= 0.6 is 27.3 Å². The maximum atomic E-state index is 13.7. The number of halogens is 1. The van der Waals surface area contributed by atoms with Crippen LogP contribution in [0.5, 0.6) is 17.2 Å². The van der Waals surface area contributed by atoms with Gasteiger partial charge in [0.2, 0.25) is 11.5 Å². The van der Waals surface area contributed by atoms with Gasteiger partial charge in [-0.25, -0.2) is 4.98 Å². The zero-order chi connectivity index (χ0) is 23.3. The molecule has 8 nitrogen and oxygen atoms in total. The highest BCUT2D eigenvalue weighted by molar-refractivity contribution is 9.10. The number of rotatable bonds is 5. The molecule has 0 spiro atoms. The molecule has 0 saturated carbocycles. The minimum Gasteiger partial charge on any atom is -0.493 e. The van der Waals surface area contributed by atoms with Gasteiger partial charge in [-0.15, -0.1) is 11.3 Å². The van der Waals surface area contributed by atoms with E-state index in [-0.39, 0.29) is 16.8 Å². The largest absolute Gasteiger partial charge is 0.493 e. The number of nitrogens with zero attached hydrogens (tertiary/aromatic N) is 2. The van der Waals surface area contributed by atoms with Crippen LogP contribution in [0.15, 0.2) is 55.6 Å². The second-order valence-electron chi connectivity index (χ2n) is 7.17. The summed E-state index contributed by atoms with van der Waals surface area (Å²) < 4.78 is 23.1. The number of anilines is 1. The Labute approximate surface area is 200 Å². The topological polar surface area (TPSA) is 91.1 Å². The first kappa shape index (κ1) is 21.5. The Morgan fingerprint density at radius 2 is 1.79 bits per heavy atom. The number of fused-ring (bicyclic) bond motifs is 2. The van der Waals surface area contributed by atoms with Crippen LogP contribution in [0.25, 0.3) is 11.0 Å². The van der Waals surface area contributed by atoms with Gasteiger partial charge in [-0.2, -0.15) is 0 Å². The SMILES string of the molecule is COc1cc(C2c3c(oc4ccc(Br)cc4c3=O)C(=O)N2c2nccs2)cc(OC)c1OC. The third-order valence-electron chi connectivity index (χ3n) is 5.46. The minimum absolute atomic E-state index is 0.0104. The Balaban J connectivity index is 1.84. The normalized spacial score (nSPS) is 15.1. The van der Waals surface area contributed by atoms with Crippen molar-refractivity contribution in [1.82, 2.24) is 4.98 Å². The molecule has 1 aliphatic rings. The quantitative estimate of drug-likeness (QED) is 0.367. The van der Waals surface area contributed by atoms with Crippen LogP contribution in [0, 0.1) is 0 Å². The maximum absolute atomic E-state index is 13.7. The van der Waals surface area contributed by atoms with E-state index in [0.717, 1.165) is 4.47 Å². The molecule has 0 bridgehead atoms. The number of carbonyl (C=O) groups excluding carboxylic acids is 1. The van der Waals surface area contributed by atoms with E-state index in [4.69, 9.17) is 18.6 Å². The zero-order valence-electron chi connectivity index (χ0n) is 17.7. The molecule has 1 atom stereocenters. The fourth-order valence-corrected chi connectivity index (χ4v) is 5.08. The highest BCUT2D eigenvalue weighted by Crippen LogP contribution is 2.46. The number of methoxy groups -OCH3 is 3. The Kier molecular flexibility index (Phi) is 5.34. The van der Waals surface area contributed by atoms with Gasteiger partial charge in [0.15, 0.2) is 22.1 Å². The lowest BCUT2D eigenvalue weighted by atomic mass is 9.98. The number of benzene rings is 2. The van der Waals surface area contributed by atoms with Gasteiger partial charge < -0.3 is 18.6 Å². The molecule has 10 heteroatoms. The van der Waals surface area contributed by atoms with Gasteiger partial charge in [0, 0.05) is 16.0 Å². The van der Waals surface area contributed by atoms with E-state index < -0.39 is 11.9 Å². The summed E-state index contributed by atoms with van der Waals surface area (Å²) >= 11 is 4.69. The molecular formula is C23H17BrN2O6S. The van der Waals surface area contributed by atoms with Crippen LogP contribution in [0.2, 0.25) is 0 Å². The standard InChI is InChI=1S/C23H17BrN2O6S/c1-29-15-8-11(9-16(30-2)20(15)31-3)18-17-19(27)13-10-12(24)4-5-14(13)32-21(17)22(28)26(18)23-25-6-7-33-23/h4-10,18H,1-3H3. The molecule has 3 heterocycles. The van der Waals surface area contributed by atoms with E-state index in [1.54, 1.807) is 41.9 Å². The monoisotopic (exact) mass is 528 g/mol. The first-order valence-corrected chi connectivity index (χ1v) is 11.4. The van der Waals surface area contributed by atoms with Crippen LogP contribution < -0.4 is 24.5 Å². The molecule has 1 amide bonds. The molecule has 0 radical (unpaired) electrons. The zero-order valence-corrected chi connectivity index (χ0v) is 20.2. The third-order valence-corrected chi connectivity index (χ3v) is 6.72. The van der Waals surface area contributed by atoms with Crippen LogP contribution in [-0.4, -0.2) is 32.2 Å². The average Bonchev–Trinajstić information content (AvgIpc) is 3.45. The first-order chi connectivity index (χ1) is 16.0. The van der Waals surface area contributed by atoms with Gasteiger partial charge in [0.25, 0.3) is 5.91 Å². The van der Waals surface area contributed by atoms with Crippen LogP contribution in [0.3, 0.4) is 0 Å². The van der Waals surface area contributed by atoms with Crippen molar-refractivity contribution in [3.8, 4) is 17.2 Å². The average molecular weight is 529 g/mol. The highest BCUT2D eigenvalue weighted by atomic mass is 79.9. The molecular weight excluding hydrogens is 512 g/mol. The first-order valence-electron chi connectivity index (χ1n) is 9.77. The molecule has 0 N–H and O–H groups in total. The van der Waals surface area contributed by atoms with Crippen molar-refractivity contribution in [3.63, 3.8) is 0 Å². The van der Waals surface area contributed by atoms with Crippen LogP contribution in [0.1, 0.15) is 27.7 Å². The summed E-state index contributed by atoms with van der Waals surface area (Å²) in [7, 11) is 4.52. The van der Waals surface area contributed by atoms with Crippen LogP contribution in [0.4, 0.5) is 5.13 Å². The van der Waals surface area contributed by atoms with Crippen LogP contribution in [-0.2, 0) is 0 Å². The van der Waals surface area contributed by atoms with Crippen molar-refractivity contribution in [2.45, 2.75) is 6.04 Å². The third kappa shape index (κ3) is 3.28. The van der Waals surface area contributed by atoms with Crippen molar-refractivity contribution >= 4 is 49.3 Å². The fourth-order valence-electron chi connectivity index (χ4n) is 4.05. The predicted molar refractivity (Wildman–Crippen MR) is 127 cm³/mol. The second kappa shape index (κ2) is 8.20. The minimum atomic E-state index is -0.799. The summed E-state index contributed by atoms with van der Waals surface area (Å²) in [6.07, 6.45) is 1.60. The highest BCUT2D eigenvalue weighted by Gasteiger charge is 2.45. The number of thiazole rings is 1. The van der Waals surface area contributed by atoms with Gasteiger partial charge in [-0.3, -0.25) is 14.5 Å². The van der Waals surface area contributed by atoms with Crippen molar-refractivity contribution in [1.29, 1.82) is 0 Å². The summed E-state index contributed by atoms with van der Waals surface area (Å²) in [6, 6.07) is 7.75. The summed E-state index contributed by atoms with van der Waals surface area (Å²) in [4.78, 5) is 33.0. The lowest BCUT2D eigenvalue weighted by Crippen LogP contribution is -2.29. The number of aromatic nitrogens is 1. The van der Waals surface area contributed by atoms with Crippen molar-refractivity contribution in [2.24, 2.45) is 0 Å². The molecule has 5 rings (SSSR count). The molecule has 2 aromatic carbocycles. The molecule has 2 aromatic heterocycles. The summed E-state index contributed by atoms with van der Waals surface area (Å²) in [6.45, 7) is 0. The maximum Gasteiger partial charge on any atom is 0.297 e. The van der Waals surface area contributed by atoms with Gasteiger partial charge >= 0.3 is 0 Å². The molecule has 1 aliphatic heterocycles.